The van der Waals surface area contributed by atoms with E-state index in [1.165, 1.54) is 0 Å². The third kappa shape index (κ3) is 6.42. The predicted molar refractivity (Wildman–Crippen MR) is 89.6 cm³/mol. The summed E-state index contributed by atoms with van der Waals surface area (Å²) >= 11 is 11.9. The van der Waals surface area contributed by atoms with Gasteiger partial charge in [-0.2, -0.15) is 0 Å². The number of aliphatic hydroxyl groups is 1. The van der Waals surface area contributed by atoms with Crippen LogP contribution in [0.25, 0.3) is 0 Å². The van der Waals surface area contributed by atoms with Gasteiger partial charge in [0, 0.05) is 12.0 Å². The van der Waals surface area contributed by atoms with Crippen molar-refractivity contribution < 1.29 is 14.6 Å². The third-order valence-electron chi connectivity index (χ3n) is 3.06. The lowest BCUT2D eigenvalue weighted by Crippen LogP contribution is -2.41. The molecule has 1 aromatic rings. The average molecular weight is 348 g/mol. The highest BCUT2D eigenvalue weighted by Gasteiger charge is 2.26. The molecular formula is C16H23Cl2NO3. The van der Waals surface area contributed by atoms with Crippen LogP contribution in [0, 0.1) is 5.41 Å². The van der Waals surface area contributed by atoms with Crippen molar-refractivity contribution in [2.45, 2.75) is 39.7 Å². The van der Waals surface area contributed by atoms with Gasteiger partial charge in [0.1, 0.15) is 5.60 Å². The molecule has 0 bridgehead atoms. The molecule has 4 nitrogen and oxygen atoms in total. The van der Waals surface area contributed by atoms with Crippen molar-refractivity contribution in [3.05, 3.63) is 33.8 Å². The molecule has 1 aromatic carbocycles. The van der Waals surface area contributed by atoms with Gasteiger partial charge in [-0.1, -0.05) is 36.2 Å². The standard InChI is InChI=1S/C16H23Cl2NO3/c1-15(2,3)22-14(21)19-9-16(4,10-20)8-11-5-6-12(17)13(18)7-11/h5-7,20H,8-10H2,1-4H3,(H,19,21). The van der Waals surface area contributed by atoms with Crippen LogP contribution in [0.15, 0.2) is 18.2 Å². The molecule has 0 aliphatic rings. The molecule has 0 radical (unpaired) electrons. The van der Waals surface area contributed by atoms with Crippen LogP contribution in [-0.2, 0) is 11.2 Å². The molecule has 6 heteroatoms. The van der Waals surface area contributed by atoms with Crippen LogP contribution in [0.5, 0.6) is 0 Å². The van der Waals surface area contributed by atoms with E-state index in [-0.39, 0.29) is 6.61 Å². The van der Waals surface area contributed by atoms with Gasteiger partial charge in [0.25, 0.3) is 0 Å². The molecular weight excluding hydrogens is 325 g/mol. The van der Waals surface area contributed by atoms with Gasteiger partial charge in [-0.25, -0.2) is 4.79 Å². The quantitative estimate of drug-likeness (QED) is 0.844. The minimum Gasteiger partial charge on any atom is -0.444 e. The summed E-state index contributed by atoms with van der Waals surface area (Å²) in [5, 5.41) is 13.3. The summed E-state index contributed by atoms with van der Waals surface area (Å²) in [6.07, 6.45) is 0.0530. The number of aliphatic hydroxyl groups excluding tert-OH is 1. The Labute approximate surface area is 141 Å². The van der Waals surface area contributed by atoms with Gasteiger partial charge in [-0.05, 0) is 44.9 Å². The van der Waals surface area contributed by atoms with E-state index in [0.717, 1.165) is 5.56 Å². The Balaban J connectivity index is 2.67. The molecule has 0 aliphatic carbocycles. The fraction of sp³-hybridized carbons (Fsp3) is 0.562. The molecule has 1 unspecified atom stereocenters. The minimum absolute atomic E-state index is 0.0803. The zero-order chi connectivity index (χ0) is 17.0. The summed E-state index contributed by atoms with van der Waals surface area (Å²) in [5.74, 6) is 0. The van der Waals surface area contributed by atoms with Crippen molar-refractivity contribution in [3.63, 3.8) is 0 Å². The molecule has 0 spiro atoms. The second kappa shape index (κ2) is 7.53. The Morgan fingerprint density at radius 1 is 1.23 bits per heavy atom. The SMILES string of the molecule is CC(CO)(CNC(=O)OC(C)(C)C)Cc1ccc(Cl)c(Cl)c1. The molecule has 124 valence electrons. The highest BCUT2D eigenvalue weighted by atomic mass is 35.5. The number of amides is 1. The first-order chi connectivity index (χ1) is 10.0. The average Bonchev–Trinajstić information content (AvgIpc) is 2.39. The maximum absolute atomic E-state index is 11.7. The Kier molecular flexibility index (Phi) is 6.53. The summed E-state index contributed by atoms with van der Waals surface area (Å²) in [7, 11) is 0. The number of nitrogens with one attached hydrogen (secondary N) is 1. The molecule has 0 aromatic heterocycles. The number of hydrogen-bond donors (Lipinski definition) is 2. The monoisotopic (exact) mass is 347 g/mol. The van der Waals surface area contributed by atoms with Crippen molar-refractivity contribution >= 4 is 29.3 Å². The maximum Gasteiger partial charge on any atom is 0.407 e. The van der Waals surface area contributed by atoms with Crippen LogP contribution < -0.4 is 5.32 Å². The lowest BCUT2D eigenvalue weighted by Gasteiger charge is -2.29. The molecule has 0 aliphatic heterocycles. The van der Waals surface area contributed by atoms with Gasteiger partial charge >= 0.3 is 6.09 Å². The van der Waals surface area contributed by atoms with Crippen LogP contribution >= 0.6 is 23.2 Å². The highest BCUT2D eigenvalue weighted by Crippen LogP contribution is 2.27. The topological polar surface area (TPSA) is 58.6 Å². The van der Waals surface area contributed by atoms with E-state index in [1.807, 2.05) is 13.0 Å². The Morgan fingerprint density at radius 3 is 2.36 bits per heavy atom. The first-order valence-corrected chi connectivity index (χ1v) is 7.82. The maximum atomic E-state index is 11.7. The van der Waals surface area contributed by atoms with E-state index in [0.29, 0.717) is 23.0 Å². The second-order valence-electron chi connectivity index (χ2n) is 6.75. The van der Waals surface area contributed by atoms with Crippen LogP contribution in [0.2, 0.25) is 10.0 Å². The van der Waals surface area contributed by atoms with E-state index < -0.39 is 17.1 Å². The van der Waals surface area contributed by atoms with Crippen LogP contribution in [0.4, 0.5) is 4.79 Å². The molecule has 2 N–H and O–H groups in total. The first kappa shape index (κ1) is 19.1. The lowest BCUT2D eigenvalue weighted by atomic mass is 9.84. The van der Waals surface area contributed by atoms with Gasteiger partial charge in [-0.3, -0.25) is 0 Å². The fourth-order valence-corrected chi connectivity index (χ4v) is 2.24. The predicted octanol–water partition coefficient (Wildman–Crippen LogP) is 4.06. The number of carbonyl (C=O) groups excluding carboxylic acids is 1. The molecule has 0 heterocycles. The van der Waals surface area contributed by atoms with E-state index in [4.69, 9.17) is 27.9 Å². The van der Waals surface area contributed by atoms with E-state index in [9.17, 15) is 9.90 Å². The molecule has 0 saturated carbocycles. The smallest absolute Gasteiger partial charge is 0.407 e. The number of hydrogen-bond acceptors (Lipinski definition) is 3. The van der Waals surface area contributed by atoms with Gasteiger partial charge in [0.2, 0.25) is 0 Å². The number of halogens is 2. The lowest BCUT2D eigenvalue weighted by molar-refractivity contribution is 0.0478. The van der Waals surface area contributed by atoms with Crippen molar-refractivity contribution in [2.75, 3.05) is 13.2 Å². The summed E-state index contributed by atoms with van der Waals surface area (Å²) in [4.78, 5) is 11.7. The molecule has 0 saturated heterocycles. The second-order valence-corrected chi connectivity index (χ2v) is 7.56. The van der Waals surface area contributed by atoms with Crippen molar-refractivity contribution in [1.82, 2.24) is 5.32 Å². The normalized spacial score (nSPS) is 14.3. The number of alkyl carbamates (subject to hydrolysis) is 1. The largest absolute Gasteiger partial charge is 0.444 e. The van der Waals surface area contributed by atoms with Crippen molar-refractivity contribution in [1.29, 1.82) is 0 Å². The number of rotatable bonds is 5. The van der Waals surface area contributed by atoms with Gasteiger partial charge in [0.05, 0.1) is 16.7 Å². The number of carbonyl (C=O) groups is 1. The van der Waals surface area contributed by atoms with Crippen LogP contribution in [-0.4, -0.2) is 30.0 Å². The van der Waals surface area contributed by atoms with Crippen molar-refractivity contribution in [2.24, 2.45) is 5.41 Å². The van der Waals surface area contributed by atoms with Crippen LogP contribution in [0.3, 0.4) is 0 Å². The number of benzene rings is 1. The number of ether oxygens (including phenoxy) is 1. The molecule has 1 atom stereocenters. The minimum atomic E-state index is -0.552. The summed E-state index contributed by atoms with van der Waals surface area (Å²) < 4.78 is 5.19. The summed E-state index contributed by atoms with van der Waals surface area (Å²) in [5.41, 5.74) is -0.130. The van der Waals surface area contributed by atoms with Gasteiger partial charge in [-0.15, -0.1) is 0 Å². The van der Waals surface area contributed by atoms with E-state index >= 15 is 0 Å². The van der Waals surface area contributed by atoms with Crippen LogP contribution in [0.1, 0.15) is 33.3 Å². The fourth-order valence-electron chi connectivity index (χ4n) is 1.92. The summed E-state index contributed by atoms with van der Waals surface area (Å²) in [6.45, 7) is 7.49. The third-order valence-corrected chi connectivity index (χ3v) is 3.79. The zero-order valence-electron chi connectivity index (χ0n) is 13.4. The van der Waals surface area contributed by atoms with E-state index in [1.54, 1.807) is 32.9 Å². The molecule has 1 amide bonds. The molecule has 22 heavy (non-hydrogen) atoms. The van der Waals surface area contributed by atoms with Gasteiger partial charge < -0.3 is 15.2 Å². The molecule has 1 rings (SSSR count). The Morgan fingerprint density at radius 2 is 1.86 bits per heavy atom. The summed E-state index contributed by atoms with van der Waals surface area (Å²) in [6, 6.07) is 5.35. The zero-order valence-corrected chi connectivity index (χ0v) is 14.9. The van der Waals surface area contributed by atoms with Gasteiger partial charge in [0.15, 0.2) is 0 Å². The van der Waals surface area contributed by atoms with Crippen molar-refractivity contribution in [3.8, 4) is 0 Å². The first-order valence-electron chi connectivity index (χ1n) is 7.06. The van der Waals surface area contributed by atoms with E-state index in [2.05, 4.69) is 5.32 Å². The highest BCUT2D eigenvalue weighted by molar-refractivity contribution is 6.42. The Hall–Kier alpha value is -0.970. The molecule has 0 fully saturated rings. The Bertz CT molecular complexity index is 529.